The zero-order valence-corrected chi connectivity index (χ0v) is 14.8. The number of carboxylic acid groups (broad SMARTS) is 1. The Morgan fingerprint density at radius 3 is 2.79 bits per heavy atom. The Labute approximate surface area is 145 Å². The number of hydrogen-bond acceptors (Lipinski definition) is 3. The summed E-state index contributed by atoms with van der Waals surface area (Å²) in [4.78, 5) is 22.5. The molecule has 2 N–H and O–H groups in total. The number of aliphatic carboxylic acids is 1. The van der Waals surface area contributed by atoms with Crippen molar-refractivity contribution in [3.05, 3.63) is 24.3 Å². The number of aliphatic hydroxyl groups is 1. The summed E-state index contributed by atoms with van der Waals surface area (Å²) in [7, 11) is 0. The molecule has 0 bridgehead atoms. The highest BCUT2D eigenvalue weighted by molar-refractivity contribution is 5.83. The third-order valence-corrected chi connectivity index (χ3v) is 4.66. The largest absolute Gasteiger partial charge is 0.481 e. The van der Waals surface area contributed by atoms with Crippen molar-refractivity contribution in [1.29, 1.82) is 0 Å². The van der Waals surface area contributed by atoms with Crippen molar-refractivity contribution in [1.82, 2.24) is 0 Å². The van der Waals surface area contributed by atoms with E-state index in [1.807, 2.05) is 12.2 Å². The van der Waals surface area contributed by atoms with Crippen LogP contribution in [0, 0.1) is 11.8 Å². The Morgan fingerprint density at radius 2 is 2.08 bits per heavy atom. The van der Waals surface area contributed by atoms with Crippen molar-refractivity contribution in [2.24, 2.45) is 11.8 Å². The Kier molecular flexibility index (Phi) is 10.3. The predicted molar refractivity (Wildman–Crippen MR) is 95.8 cm³/mol. The standard InChI is InChI=1S/C20H32O4/c1-2-3-9-17(21)14-12-16-13-15-19(22)18(16)10-7-5-4-6-8-11-20(23)24/h5,7,12,14,16-18,21H,2-4,6,8-11,13,15H2,1H3,(H,23,24)/b7-5+,14-12+. The summed E-state index contributed by atoms with van der Waals surface area (Å²) in [6.07, 6.45) is 15.4. The average molecular weight is 336 g/mol. The number of aliphatic hydroxyl groups excluding tert-OH is 1. The first kappa shape index (κ1) is 20.6. The molecule has 1 fully saturated rings. The topological polar surface area (TPSA) is 74.6 Å². The first-order valence-electron chi connectivity index (χ1n) is 9.30. The van der Waals surface area contributed by atoms with Crippen LogP contribution >= 0.6 is 0 Å². The van der Waals surface area contributed by atoms with E-state index in [1.54, 1.807) is 0 Å². The molecule has 1 saturated carbocycles. The minimum absolute atomic E-state index is 0.0369. The van der Waals surface area contributed by atoms with Crippen LogP contribution in [-0.4, -0.2) is 28.1 Å². The molecule has 3 atom stereocenters. The van der Waals surface area contributed by atoms with E-state index >= 15 is 0 Å². The van der Waals surface area contributed by atoms with Gasteiger partial charge in [-0.25, -0.2) is 0 Å². The lowest BCUT2D eigenvalue weighted by Crippen LogP contribution is -2.13. The molecular formula is C20H32O4. The van der Waals surface area contributed by atoms with Crippen molar-refractivity contribution in [2.75, 3.05) is 0 Å². The van der Waals surface area contributed by atoms with Gasteiger partial charge < -0.3 is 10.2 Å². The molecule has 24 heavy (non-hydrogen) atoms. The monoisotopic (exact) mass is 336 g/mol. The van der Waals surface area contributed by atoms with Gasteiger partial charge in [-0.05, 0) is 44.4 Å². The summed E-state index contributed by atoms with van der Waals surface area (Å²) in [5.41, 5.74) is 0. The fourth-order valence-electron chi connectivity index (χ4n) is 3.15. The van der Waals surface area contributed by atoms with E-state index < -0.39 is 12.1 Å². The van der Waals surface area contributed by atoms with Gasteiger partial charge in [0.2, 0.25) is 0 Å². The molecule has 136 valence electrons. The van der Waals surface area contributed by atoms with Crippen molar-refractivity contribution in [3.63, 3.8) is 0 Å². The van der Waals surface area contributed by atoms with Crippen LogP contribution in [0.3, 0.4) is 0 Å². The van der Waals surface area contributed by atoms with Crippen LogP contribution in [0.1, 0.15) is 71.1 Å². The lowest BCUT2D eigenvalue weighted by molar-refractivity contribution is -0.137. The molecule has 0 amide bonds. The van der Waals surface area contributed by atoms with E-state index in [0.717, 1.165) is 44.9 Å². The first-order chi connectivity index (χ1) is 11.5. The van der Waals surface area contributed by atoms with Crippen LogP contribution in [-0.2, 0) is 9.59 Å². The van der Waals surface area contributed by atoms with Crippen molar-refractivity contribution in [3.8, 4) is 0 Å². The maximum absolute atomic E-state index is 12.0. The highest BCUT2D eigenvalue weighted by Crippen LogP contribution is 2.33. The highest BCUT2D eigenvalue weighted by atomic mass is 16.4. The number of hydrogen-bond donors (Lipinski definition) is 2. The molecule has 3 unspecified atom stereocenters. The molecule has 0 radical (unpaired) electrons. The predicted octanol–water partition coefficient (Wildman–Crippen LogP) is 4.28. The maximum atomic E-state index is 12.0. The molecule has 0 spiro atoms. The number of ketones is 1. The van der Waals surface area contributed by atoms with E-state index in [1.165, 1.54) is 0 Å². The molecule has 0 aromatic rings. The summed E-state index contributed by atoms with van der Waals surface area (Å²) in [6.45, 7) is 2.11. The SMILES string of the molecule is CCCCC(O)/C=C/C1CCC(=O)C1C/C=C/CCCCC(=O)O. The zero-order valence-electron chi connectivity index (χ0n) is 14.8. The Morgan fingerprint density at radius 1 is 1.29 bits per heavy atom. The molecule has 0 heterocycles. The van der Waals surface area contributed by atoms with E-state index in [2.05, 4.69) is 19.1 Å². The van der Waals surface area contributed by atoms with Gasteiger partial charge in [0, 0.05) is 18.8 Å². The average Bonchev–Trinajstić information content (AvgIpc) is 2.90. The quantitative estimate of drug-likeness (QED) is 0.412. The van der Waals surface area contributed by atoms with Crippen LogP contribution in [0.25, 0.3) is 0 Å². The number of unbranched alkanes of at least 4 members (excludes halogenated alkanes) is 3. The summed E-state index contributed by atoms with van der Waals surface area (Å²) >= 11 is 0. The zero-order chi connectivity index (χ0) is 17.8. The fourth-order valence-corrected chi connectivity index (χ4v) is 3.15. The van der Waals surface area contributed by atoms with E-state index in [4.69, 9.17) is 5.11 Å². The normalized spacial score (nSPS) is 22.7. The summed E-state index contributed by atoms with van der Waals surface area (Å²) < 4.78 is 0. The molecule has 0 aliphatic heterocycles. The number of allylic oxidation sites excluding steroid dienone is 3. The summed E-state index contributed by atoms with van der Waals surface area (Å²) in [5, 5.41) is 18.5. The second-order valence-corrected chi connectivity index (χ2v) is 6.72. The Balaban J connectivity index is 2.34. The second-order valence-electron chi connectivity index (χ2n) is 6.72. The number of carbonyl (C=O) groups is 2. The van der Waals surface area contributed by atoms with Gasteiger partial charge in [-0.1, -0.05) is 44.1 Å². The van der Waals surface area contributed by atoms with Crippen LogP contribution in [0.15, 0.2) is 24.3 Å². The number of rotatable bonds is 12. The van der Waals surface area contributed by atoms with E-state index in [9.17, 15) is 14.7 Å². The van der Waals surface area contributed by atoms with Crippen LogP contribution < -0.4 is 0 Å². The number of carbonyl (C=O) groups excluding carboxylic acids is 1. The van der Waals surface area contributed by atoms with Gasteiger partial charge in [-0.3, -0.25) is 9.59 Å². The van der Waals surface area contributed by atoms with Gasteiger partial charge in [0.05, 0.1) is 6.10 Å². The van der Waals surface area contributed by atoms with Gasteiger partial charge in [0.1, 0.15) is 5.78 Å². The lowest BCUT2D eigenvalue weighted by Gasteiger charge is -2.13. The van der Waals surface area contributed by atoms with E-state index in [-0.39, 0.29) is 18.3 Å². The third kappa shape index (κ3) is 8.44. The smallest absolute Gasteiger partial charge is 0.303 e. The molecule has 0 aromatic carbocycles. The Bertz CT molecular complexity index is 439. The Hall–Kier alpha value is -1.42. The van der Waals surface area contributed by atoms with E-state index in [0.29, 0.717) is 18.6 Å². The summed E-state index contributed by atoms with van der Waals surface area (Å²) in [5.74, 6) is -0.144. The fraction of sp³-hybridized carbons (Fsp3) is 0.700. The molecule has 4 nitrogen and oxygen atoms in total. The van der Waals surface area contributed by atoms with Gasteiger partial charge in [0.25, 0.3) is 0 Å². The number of carboxylic acids is 1. The van der Waals surface area contributed by atoms with Crippen LogP contribution in [0.4, 0.5) is 0 Å². The van der Waals surface area contributed by atoms with Crippen LogP contribution in [0.2, 0.25) is 0 Å². The van der Waals surface area contributed by atoms with Crippen molar-refractivity contribution >= 4 is 11.8 Å². The third-order valence-electron chi connectivity index (χ3n) is 4.66. The minimum Gasteiger partial charge on any atom is -0.481 e. The lowest BCUT2D eigenvalue weighted by atomic mass is 9.91. The molecule has 1 aliphatic carbocycles. The van der Waals surface area contributed by atoms with Gasteiger partial charge in [-0.15, -0.1) is 0 Å². The first-order valence-corrected chi connectivity index (χ1v) is 9.30. The highest BCUT2D eigenvalue weighted by Gasteiger charge is 2.31. The van der Waals surface area contributed by atoms with Gasteiger partial charge >= 0.3 is 5.97 Å². The molecule has 0 saturated heterocycles. The van der Waals surface area contributed by atoms with Gasteiger partial charge in [-0.2, -0.15) is 0 Å². The number of Topliss-reactive ketones (excluding diaryl/α,β-unsaturated/α-hetero) is 1. The van der Waals surface area contributed by atoms with Crippen LogP contribution in [0.5, 0.6) is 0 Å². The van der Waals surface area contributed by atoms with Crippen molar-refractivity contribution < 1.29 is 19.8 Å². The molecule has 0 aromatic heterocycles. The molecule has 4 heteroatoms. The second kappa shape index (κ2) is 12.0. The molecule has 1 rings (SSSR count). The molecule has 1 aliphatic rings. The minimum atomic E-state index is -0.744. The van der Waals surface area contributed by atoms with Gasteiger partial charge in [0.15, 0.2) is 0 Å². The molecular weight excluding hydrogens is 304 g/mol. The summed E-state index contributed by atoms with van der Waals surface area (Å²) in [6, 6.07) is 0. The maximum Gasteiger partial charge on any atom is 0.303 e. The van der Waals surface area contributed by atoms with Crippen molar-refractivity contribution in [2.45, 2.75) is 77.2 Å².